The molecule has 0 saturated carbocycles. The summed E-state index contributed by atoms with van der Waals surface area (Å²) < 4.78 is 4.64. The van der Waals surface area contributed by atoms with Gasteiger partial charge in [-0.3, -0.25) is 4.79 Å². The Labute approximate surface area is 84.7 Å². The number of aliphatic hydroxyl groups excluding tert-OH is 1. The van der Waals surface area contributed by atoms with Crippen molar-refractivity contribution in [3.05, 3.63) is 17.5 Å². The second-order valence-electron chi connectivity index (χ2n) is 2.84. The first kappa shape index (κ1) is 11.2. The molecule has 1 aromatic heterocycles. The van der Waals surface area contributed by atoms with Crippen molar-refractivity contribution in [2.24, 2.45) is 0 Å². The zero-order chi connectivity index (χ0) is 11.4. The molecule has 0 aliphatic rings. The van der Waals surface area contributed by atoms with Crippen molar-refractivity contribution in [1.29, 1.82) is 0 Å². The number of aliphatic carboxylic acids is 1. The number of aryl methyl sites for hydroxylation is 1. The Balaban J connectivity index is 2.71. The Kier molecular flexibility index (Phi) is 3.40. The van der Waals surface area contributed by atoms with Crippen molar-refractivity contribution >= 4 is 11.9 Å². The predicted octanol–water partition coefficient (Wildman–Crippen LogP) is -0.842. The first-order valence-electron chi connectivity index (χ1n) is 4.12. The second-order valence-corrected chi connectivity index (χ2v) is 2.84. The van der Waals surface area contributed by atoms with Crippen LogP contribution in [0.15, 0.2) is 10.7 Å². The van der Waals surface area contributed by atoms with E-state index in [1.54, 1.807) is 0 Å². The smallest absolute Gasteiger partial charge is 0.328 e. The van der Waals surface area contributed by atoms with Crippen LogP contribution in [0.25, 0.3) is 0 Å². The van der Waals surface area contributed by atoms with E-state index >= 15 is 0 Å². The zero-order valence-electron chi connectivity index (χ0n) is 7.93. The molecular formula is C8H10N2O5. The number of carboxylic acid groups (broad SMARTS) is 1. The van der Waals surface area contributed by atoms with E-state index in [0.29, 0.717) is 0 Å². The van der Waals surface area contributed by atoms with Gasteiger partial charge in [-0.25, -0.2) is 4.79 Å². The van der Waals surface area contributed by atoms with Gasteiger partial charge in [0.05, 0.1) is 12.8 Å². The standard InChI is InChI=1S/C8H10N2O5/c1-4-5(2-9-15-4)7(12)10-6(3-11)8(13)14/h2,6,11H,3H2,1H3,(H,10,12)(H,13,14)/t6-/m1/s1. The molecular weight excluding hydrogens is 204 g/mol. The van der Waals surface area contributed by atoms with Crippen LogP contribution in [0.1, 0.15) is 16.1 Å². The summed E-state index contributed by atoms with van der Waals surface area (Å²) in [6, 6.07) is -1.33. The van der Waals surface area contributed by atoms with Gasteiger partial charge < -0.3 is 20.1 Å². The summed E-state index contributed by atoms with van der Waals surface area (Å²) >= 11 is 0. The van der Waals surface area contributed by atoms with Crippen molar-refractivity contribution < 1.29 is 24.3 Å². The molecule has 1 atom stereocenters. The number of nitrogens with zero attached hydrogens (tertiary/aromatic N) is 1. The fraction of sp³-hybridized carbons (Fsp3) is 0.375. The number of hydrogen-bond donors (Lipinski definition) is 3. The van der Waals surface area contributed by atoms with E-state index in [2.05, 4.69) is 15.0 Å². The Morgan fingerprint density at radius 3 is 2.73 bits per heavy atom. The quantitative estimate of drug-likeness (QED) is 0.602. The number of nitrogens with one attached hydrogen (secondary N) is 1. The average molecular weight is 214 g/mol. The molecule has 15 heavy (non-hydrogen) atoms. The van der Waals surface area contributed by atoms with Gasteiger partial charge in [-0.15, -0.1) is 0 Å². The Morgan fingerprint density at radius 1 is 1.67 bits per heavy atom. The van der Waals surface area contributed by atoms with Crippen molar-refractivity contribution in [3.63, 3.8) is 0 Å². The summed E-state index contributed by atoms with van der Waals surface area (Å²) in [6.45, 7) is 0.849. The van der Waals surface area contributed by atoms with Crippen LogP contribution >= 0.6 is 0 Å². The molecule has 0 aromatic carbocycles. The van der Waals surface area contributed by atoms with E-state index in [4.69, 9.17) is 10.2 Å². The maximum Gasteiger partial charge on any atom is 0.328 e. The highest BCUT2D eigenvalue weighted by atomic mass is 16.5. The highest BCUT2D eigenvalue weighted by Crippen LogP contribution is 2.05. The minimum absolute atomic E-state index is 0.148. The van der Waals surface area contributed by atoms with E-state index in [1.807, 2.05) is 0 Å². The Hall–Kier alpha value is -1.89. The van der Waals surface area contributed by atoms with Gasteiger partial charge >= 0.3 is 5.97 Å². The first-order chi connectivity index (χ1) is 7.06. The summed E-state index contributed by atoms with van der Waals surface area (Å²) in [5.41, 5.74) is 0.148. The van der Waals surface area contributed by atoms with Crippen molar-refractivity contribution in [1.82, 2.24) is 10.5 Å². The minimum atomic E-state index is -1.33. The lowest BCUT2D eigenvalue weighted by Crippen LogP contribution is -2.43. The normalized spacial score (nSPS) is 12.1. The van der Waals surface area contributed by atoms with E-state index in [9.17, 15) is 9.59 Å². The summed E-state index contributed by atoms with van der Waals surface area (Å²) in [4.78, 5) is 21.9. The molecule has 82 valence electrons. The van der Waals surface area contributed by atoms with Crippen LogP contribution < -0.4 is 5.32 Å². The van der Waals surface area contributed by atoms with Gasteiger partial charge in [-0.2, -0.15) is 0 Å². The van der Waals surface area contributed by atoms with E-state index in [-0.39, 0.29) is 11.3 Å². The maximum atomic E-state index is 11.4. The molecule has 7 nitrogen and oxygen atoms in total. The summed E-state index contributed by atoms with van der Waals surface area (Å²) in [5, 5.41) is 22.7. The van der Waals surface area contributed by atoms with Crippen molar-refractivity contribution in [2.75, 3.05) is 6.61 Å². The molecule has 1 aromatic rings. The molecule has 0 fully saturated rings. The lowest BCUT2D eigenvalue weighted by molar-refractivity contribution is -0.140. The fourth-order valence-electron chi connectivity index (χ4n) is 0.938. The number of rotatable bonds is 4. The number of carbonyl (C=O) groups excluding carboxylic acids is 1. The van der Waals surface area contributed by atoms with Gasteiger partial charge in [0, 0.05) is 0 Å². The number of amides is 1. The molecule has 7 heteroatoms. The fourth-order valence-corrected chi connectivity index (χ4v) is 0.938. The third-order valence-corrected chi connectivity index (χ3v) is 1.78. The van der Waals surface area contributed by atoms with Crippen LogP contribution in [-0.4, -0.2) is 39.9 Å². The summed E-state index contributed by atoms with van der Waals surface area (Å²) in [5.74, 6) is -1.66. The molecule has 3 N–H and O–H groups in total. The number of carboxylic acids is 1. The number of carbonyl (C=O) groups is 2. The number of hydrogen-bond acceptors (Lipinski definition) is 5. The molecule has 1 amide bonds. The second kappa shape index (κ2) is 4.56. The van der Waals surface area contributed by atoms with Crippen LogP contribution in [-0.2, 0) is 4.79 Å². The lowest BCUT2D eigenvalue weighted by Gasteiger charge is -2.10. The summed E-state index contributed by atoms with van der Waals surface area (Å²) in [6.07, 6.45) is 1.18. The molecule has 1 rings (SSSR count). The average Bonchev–Trinajstić information content (AvgIpc) is 2.60. The molecule has 0 saturated heterocycles. The number of aliphatic hydroxyl groups is 1. The largest absolute Gasteiger partial charge is 0.480 e. The molecule has 0 bridgehead atoms. The van der Waals surface area contributed by atoms with Gasteiger partial charge in [0.15, 0.2) is 6.04 Å². The molecule has 0 aliphatic heterocycles. The van der Waals surface area contributed by atoms with E-state index < -0.39 is 24.5 Å². The van der Waals surface area contributed by atoms with Crippen LogP contribution in [0.5, 0.6) is 0 Å². The SMILES string of the molecule is Cc1oncc1C(=O)N[C@H](CO)C(=O)O. The topological polar surface area (TPSA) is 113 Å². The van der Waals surface area contributed by atoms with Gasteiger partial charge in [-0.1, -0.05) is 5.16 Å². The molecule has 0 unspecified atom stereocenters. The van der Waals surface area contributed by atoms with Gasteiger partial charge in [0.25, 0.3) is 5.91 Å². The van der Waals surface area contributed by atoms with Crippen LogP contribution in [0.2, 0.25) is 0 Å². The van der Waals surface area contributed by atoms with E-state index in [0.717, 1.165) is 0 Å². The molecule has 0 spiro atoms. The Morgan fingerprint density at radius 2 is 2.33 bits per heavy atom. The molecule has 0 radical (unpaired) electrons. The van der Waals surface area contributed by atoms with Crippen molar-refractivity contribution in [3.8, 4) is 0 Å². The monoisotopic (exact) mass is 214 g/mol. The highest BCUT2D eigenvalue weighted by molar-refractivity contribution is 5.97. The third-order valence-electron chi connectivity index (χ3n) is 1.78. The minimum Gasteiger partial charge on any atom is -0.480 e. The highest BCUT2D eigenvalue weighted by Gasteiger charge is 2.21. The first-order valence-corrected chi connectivity index (χ1v) is 4.12. The molecule has 1 heterocycles. The van der Waals surface area contributed by atoms with E-state index in [1.165, 1.54) is 13.1 Å². The van der Waals surface area contributed by atoms with Gasteiger partial charge in [0.2, 0.25) is 0 Å². The van der Waals surface area contributed by atoms with Gasteiger partial charge in [0.1, 0.15) is 11.3 Å². The third kappa shape index (κ3) is 2.53. The Bertz CT molecular complexity index is 373. The summed E-state index contributed by atoms with van der Waals surface area (Å²) in [7, 11) is 0. The van der Waals surface area contributed by atoms with Gasteiger partial charge in [-0.05, 0) is 6.92 Å². The zero-order valence-corrected chi connectivity index (χ0v) is 7.93. The van der Waals surface area contributed by atoms with Crippen LogP contribution in [0.4, 0.5) is 0 Å². The van der Waals surface area contributed by atoms with Crippen molar-refractivity contribution in [2.45, 2.75) is 13.0 Å². The maximum absolute atomic E-state index is 11.4. The van der Waals surface area contributed by atoms with Crippen LogP contribution in [0.3, 0.4) is 0 Å². The number of aromatic nitrogens is 1. The molecule has 0 aliphatic carbocycles. The van der Waals surface area contributed by atoms with Crippen LogP contribution in [0, 0.1) is 6.92 Å². The lowest BCUT2D eigenvalue weighted by atomic mass is 10.2. The predicted molar refractivity (Wildman–Crippen MR) is 47.2 cm³/mol.